The fourth-order valence-electron chi connectivity index (χ4n) is 3.85. The van der Waals surface area contributed by atoms with E-state index in [1.54, 1.807) is 30.5 Å². The van der Waals surface area contributed by atoms with Gasteiger partial charge in [-0.25, -0.2) is 14.8 Å². The molecule has 1 aliphatic heterocycles. The van der Waals surface area contributed by atoms with Gasteiger partial charge >= 0.3 is 5.69 Å². The van der Waals surface area contributed by atoms with E-state index in [9.17, 15) is 14.4 Å². The van der Waals surface area contributed by atoms with Crippen LogP contribution in [-0.2, 0) is 16.1 Å². The van der Waals surface area contributed by atoms with Crippen LogP contribution in [-0.4, -0.2) is 64.6 Å². The van der Waals surface area contributed by atoms with Crippen molar-refractivity contribution >= 4 is 33.4 Å². The topological polar surface area (TPSA) is 106 Å². The molecule has 4 rings (SSSR count). The Bertz CT molecular complexity index is 1160. The van der Waals surface area contributed by atoms with Crippen molar-refractivity contribution in [2.24, 2.45) is 0 Å². The maximum absolute atomic E-state index is 12.9. The van der Waals surface area contributed by atoms with Crippen LogP contribution in [0.3, 0.4) is 0 Å². The van der Waals surface area contributed by atoms with Crippen LogP contribution in [0.15, 0.2) is 41.6 Å². The lowest BCUT2D eigenvalue weighted by Crippen LogP contribution is -2.35. The molecule has 3 aromatic heterocycles. The third-order valence-corrected chi connectivity index (χ3v) is 6.47. The predicted molar refractivity (Wildman–Crippen MR) is 116 cm³/mol. The SMILES string of the molecule is COCCNC(=O)c1sc2ncccc2c1C1CCN(C(=O)Cn2cccnc2=O)C1. The molecule has 1 aliphatic rings. The van der Waals surface area contributed by atoms with Crippen LogP contribution in [0.5, 0.6) is 0 Å². The third kappa shape index (κ3) is 4.49. The number of thiophene rings is 1. The first-order valence-electron chi connectivity index (χ1n) is 10.0. The van der Waals surface area contributed by atoms with Crippen LogP contribution in [0, 0.1) is 0 Å². The zero-order valence-electron chi connectivity index (χ0n) is 17.1. The second kappa shape index (κ2) is 9.36. The zero-order chi connectivity index (χ0) is 21.8. The van der Waals surface area contributed by atoms with Gasteiger partial charge in [-0.1, -0.05) is 6.07 Å². The minimum Gasteiger partial charge on any atom is -0.383 e. The van der Waals surface area contributed by atoms with Crippen molar-refractivity contribution in [2.75, 3.05) is 33.4 Å². The van der Waals surface area contributed by atoms with Crippen LogP contribution < -0.4 is 11.0 Å². The van der Waals surface area contributed by atoms with Crippen molar-refractivity contribution in [3.8, 4) is 0 Å². The molecule has 162 valence electrons. The predicted octanol–water partition coefficient (Wildman–Crippen LogP) is 1.25. The Morgan fingerprint density at radius 2 is 2.13 bits per heavy atom. The van der Waals surface area contributed by atoms with E-state index in [1.165, 1.54) is 22.1 Å². The quantitative estimate of drug-likeness (QED) is 0.553. The molecule has 3 aromatic rings. The first-order chi connectivity index (χ1) is 15.1. The fourth-order valence-corrected chi connectivity index (χ4v) is 4.99. The molecule has 9 nitrogen and oxygen atoms in total. The highest BCUT2D eigenvalue weighted by molar-refractivity contribution is 7.20. The summed E-state index contributed by atoms with van der Waals surface area (Å²) in [7, 11) is 1.59. The molecule has 0 radical (unpaired) electrons. The molecule has 31 heavy (non-hydrogen) atoms. The molecule has 0 saturated carbocycles. The van der Waals surface area contributed by atoms with Gasteiger partial charge in [0.15, 0.2) is 0 Å². The minimum absolute atomic E-state index is 0.0238. The number of aromatic nitrogens is 3. The molecule has 2 amide bonds. The number of methoxy groups -OCH3 is 1. The average molecular weight is 442 g/mol. The number of pyridine rings is 1. The van der Waals surface area contributed by atoms with Crippen molar-refractivity contribution in [3.05, 3.63) is 57.7 Å². The number of hydrogen-bond acceptors (Lipinski definition) is 7. The Balaban J connectivity index is 1.55. The smallest absolute Gasteiger partial charge is 0.347 e. The van der Waals surface area contributed by atoms with Crippen molar-refractivity contribution in [1.29, 1.82) is 0 Å². The Hall–Kier alpha value is -3.11. The van der Waals surface area contributed by atoms with E-state index in [0.29, 0.717) is 31.1 Å². The molecule has 1 N–H and O–H groups in total. The highest BCUT2D eigenvalue weighted by Crippen LogP contribution is 2.39. The molecule has 1 unspecified atom stereocenters. The number of carbonyl (C=O) groups excluding carboxylic acids is 2. The van der Waals surface area contributed by atoms with E-state index in [-0.39, 0.29) is 24.3 Å². The Labute approximate surface area is 182 Å². The lowest BCUT2D eigenvalue weighted by Gasteiger charge is -2.17. The molecule has 0 bridgehead atoms. The molecular weight excluding hydrogens is 418 g/mol. The Morgan fingerprint density at radius 1 is 1.29 bits per heavy atom. The first kappa shape index (κ1) is 21.1. The zero-order valence-corrected chi connectivity index (χ0v) is 17.9. The van der Waals surface area contributed by atoms with Gasteiger partial charge in [0.1, 0.15) is 11.4 Å². The normalized spacial score (nSPS) is 16.0. The number of fused-ring (bicyclic) bond motifs is 1. The van der Waals surface area contributed by atoms with Gasteiger partial charge < -0.3 is 15.0 Å². The minimum atomic E-state index is -0.448. The molecule has 0 aromatic carbocycles. The number of amides is 2. The lowest BCUT2D eigenvalue weighted by molar-refractivity contribution is -0.130. The summed E-state index contributed by atoms with van der Waals surface area (Å²) in [6.07, 6.45) is 5.42. The van der Waals surface area contributed by atoms with Gasteiger partial charge in [-0.15, -0.1) is 11.3 Å². The van der Waals surface area contributed by atoms with Crippen LogP contribution in [0.1, 0.15) is 27.6 Å². The maximum Gasteiger partial charge on any atom is 0.347 e. The standard InChI is InChI=1S/C21H23N5O4S/c1-30-11-8-22-19(28)18-17(15-4-2-6-23-20(15)31-18)14-5-10-25(12-14)16(27)13-26-9-3-7-24-21(26)29/h2-4,6-7,9,14H,5,8,10-13H2,1H3,(H,22,28). The Kier molecular flexibility index (Phi) is 6.38. The van der Waals surface area contributed by atoms with E-state index < -0.39 is 5.69 Å². The highest BCUT2D eigenvalue weighted by Gasteiger charge is 2.32. The summed E-state index contributed by atoms with van der Waals surface area (Å²) >= 11 is 1.37. The molecule has 1 atom stereocenters. The second-order valence-electron chi connectivity index (χ2n) is 7.31. The Morgan fingerprint density at radius 3 is 2.94 bits per heavy atom. The number of hydrogen-bond donors (Lipinski definition) is 1. The van der Waals surface area contributed by atoms with Crippen LogP contribution >= 0.6 is 11.3 Å². The van der Waals surface area contributed by atoms with E-state index in [4.69, 9.17) is 4.74 Å². The number of likely N-dealkylation sites (tertiary alicyclic amines) is 1. The summed E-state index contributed by atoms with van der Waals surface area (Å²) in [6.45, 7) is 1.87. The number of rotatable bonds is 7. The average Bonchev–Trinajstić information content (AvgIpc) is 3.40. The number of ether oxygens (including phenoxy) is 1. The van der Waals surface area contributed by atoms with Gasteiger partial charge in [0.25, 0.3) is 5.91 Å². The van der Waals surface area contributed by atoms with Crippen LogP contribution in [0.25, 0.3) is 10.2 Å². The van der Waals surface area contributed by atoms with Gasteiger partial charge in [-0.3, -0.25) is 14.2 Å². The molecule has 1 fully saturated rings. The van der Waals surface area contributed by atoms with Gasteiger partial charge in [0.2, 0.25) is 5.91 Å². The number of nitrogens with one attached hydrogen (secondary N) is 1. The monoisotopic (exact) mass is 441 g/mol. The van der Waals surface area contributed by atoms with Gasteiger partial charge in [0, 0.05) is 56.6 Å². The molecule has 0 aliphatic carbocycles. The van der Waals surface area contributed by atoms with Crippen molar-refractivity contribution in [1.82, 2.24) is 24.8 Å². The first-order valence-corrected chi connectivity index (χ1v) is 10.8. The van der Waals surface area contributed by atoms with E-state index in [2.05, 4.69) is 15.3 Å². The van der Waals surface area contributed by atoms with Crippen LogP contribution in [0.2, 0.25) is 0 Å². The fraction of sp³-hybridized carbons (Fsp3) is 0.381. The van der Waals surface area contributed by atoms with Crippen LogP contribution in [0.4, 0.5) is 0 Å². The van der Waals surface area contributed by atoms with Gasteiger partial charge in [0.05, 0.1) is 11.5 Å². The summed E-state index contributed by atoms with van der Waals surface area (Å²) in [5.74, 6) is -0.265. The third-order valence-electron chi connectivity index (χ3n) is 5.34. The van der Waals surface area contributed by atoms with Crippen molar-refractivity contribution < 1.29 is 14.3 Å². The maximum atomic E-state index is 12.9. The van der Waals surface area contributed by atoms with Gasteiger partial charge in [-0.2, -0.15) is 0 Å². The van der Waals surface area contributed by atoms with E-state index >= 15 is 0 Å². The summed E-state index contributed by atoms with van der Waals surface area (Å²) < 4.78 is 6.32. The molecule has 0 spiro atoms. The summed E-state index contributed by atoms with van der Waals surface area (Å²) in [4.78, 5) is 48.7. The van der Waals surface area contributed by atoms with Gasteiger partial charge in [-0.05, 0) is 24.1 Å². The second-order valence-corrected chi connectivity index (χ2v) is 8.30. The lowest BCUT2D eigenvalue weighted by atomic mass is 9.95. The number of carbonyl (C=O) groups is 2. The summed E-state index contributed by atoms with van der Waals surface area (Å²) in [5, 5.41) is 3.84. The van der Waals surface area contributed by atoms with E-state index in [1.807, 2.05) is 12.1 Å². The summed E-state index contributed by atoms with van der Waals surface area (Å²) in [5.41, 5.74) is 0.494. The molecule has 10 heteroatoms. The molecule has 4 heterocycles. The van der Waals surface area contributed by atoms with Crippen molar-refractivity contribution in [3.63, 3.8) is 0 Å². The van der Waals surface area contributed by atoms with E-state index in [0.717, 1.165) is 22.2 Å². The molecular formula is C21H23N5O4S. The highest BCUT2D eigenvalue weighted by atomic mass is 32.1. The largest absolute Gasteiger partial charge is 0.383 e. The molecule has 1 saturated heterocycles. The van der Waals surface area contributed by atoms with Crippen molar-refractivity contribution in [2.45, 2.75) is 18.9 Å². The summed E-state index contributed by atoms with van der Waals surface area (Å²) in [6, 6.07) is 5.46. The number of nitrogens with zero attached hydrogens (tertiary/aromatic N) is 4.